The van der Waals surface area contributed by atoms with Crippen molar-refractivity contribution in [2.45, 2.75) is 37.6 Å². The number of nitrogens with zero attached hydrogens (tertiary/aromatic N) is 1. The monoisotopic (exact) mass is 375 g/mol. The number of carboxylic acids is 1. The molecular formula is C14H18BrNO4S. The van der Waals surface area contributed by atoms with Crippen LogP contribution in [0, 0.1) is 12.8 Å². The van der Waals surface area contributed by atoms with E-state index in [4.69, 9.17) is 0 Å². The predicted molar refractivity (Wildman–Crippen MR) is 82.6 cm³/mol. The number of hydrogen-bond donors (Lipinski definition) is 1. The number of carbonyl (C=O) groups is 1. The van der Waals surface area contributed by atoms with E-state index in [1.54, 1.807) is 32.0 Å². The molecule has 1 aliphatic heterocycles. The van der Waals surface area contributed by atoms with E-state index >= 15 is 0 Å². The Hall–Kier alpha value is -0.920. The van der Waals surface area contributed by atoms with Crippen molar-refractivity contribution in [3.8, 4) is 0 Å². The van der Waals surface area contributed by atoms with Crippen LogP contribution in [-0.4, -0.2) is 36.4 Å². The lowest BCUT2D eigenvalue weighted by Crippen LogP contribution is -2.49. The molecule has 116 valence electrons. The molecule has 0 amide bonds. The van der Waals surface area contributed by atoms with E-state index in [1.807, 2.05) is 0 Å². The quantitative estimate of drug-likeness (QED) is 0.880. The molecule has 2 rings (SSSR count). The van der Waals surface area contributed by atoms with Crippen molar-refractivity contribution in [1.29, 1.82) is 0 Å². The summed E-state index contributed by atoms with van der Waals surface area (Å²) in [6.07, 6.45) is 1.08. The van der Waals surface area contributed by atoms with Crippen molar-refractivity contribution in [3.05, 3.63) is 28.2 Å². The zero-order valence-corrected chi connectivity index (χ0v) is 14.3. The van der Waals surface area contributed by atoms with Crippen molar-refractivity contribution in [2.24, 2.45) is 5.92 Å². The molecule has 0 unspecified atom stereocenters. The van der Waals surface area contributed by atoms with Gasteiger partial charge in [0.05, 0.1) is 10.8 Å². The number of benzene rings is 1. The minimum Gasteiger partial charge on any atom is -0.481 e. The maximum atomic E-state index is 12.9. The third kappa shape index (κ3) is 3.00. The van der Waals surface area contributed by atoms with E-state index in [9.17, 15) is 18.3 Å². The molecular weight excluding hydrogens is 358 g/mol. The maximum absolute atomic E-state index is 12.9. The number of sulfonamides is 1. The summed E-state index contributed by atoms with van der Waals surface area (Å²) in [6.45, 7) is 3.77. The van der Waals surface area contributed by atoms with E-state index in [1.165, 1.54) is 4.31 Å². The van der Waals surface area contributed by atoms with Crippen LogP contribution >= 0.6 is 15.9 Å². The predicted octanol–water partition coefficient (Wildman–Crippen LogP) is 2.63. The van der Waals surface area contributed by atoms with Crippen LogP contribution in [0.15, 0.2) is 27.6 Å². The van der Waals surface area contributed by atoms with Crippen molar-refractivity contribution in [2.75, 3.05) is 6.54 Å². The Morgan fingerprint density at radius 2 is 2.10 bits per heavy atom. The van der Waals surface area contributed by atoms with Gasteiger partial charge in [0.25, 0.3) is 0 Å². The van der Waals surface area contributed by atoms with Crippen molar-refractivity contribution < 1.29 is 18.3 Å². The zero-order valence-electron chi connectivity index (χ0n) is 11.9. The maximum Gasteiger partial charge on any atom is 0.308 e. The van der Waals surface area contributed by atoms with Gasteiger partial charge in [-0.15, -0.1) is 0 Å². The molecule has 2 atom stereocenters. The third-order valence-corrected chi connectivity index (χ3v) is 7.04. The Kier molecular flexibility index (Phi) is 4.75. The zero-order chi connectivity index (χ0) is 15.8. The highest BCUT2D eigenvalue weighted by Crippen LogP contribution is 2.32. The van der Waals surface area contributed by atoms with Gasteiger partial charge in [-0.2, -0.15) is 4.31 Å². The summed E-state index contributed by atoms with van der Waals surface area (Å²) < 4.78 is 27.8. The third-order valence-electron chi connectivity index (χ3n) is 4.05. The van der Waals surface area contributed by atoms with Crippen LogP contribution in [0.2, 0.25) is 0 Å². The van der Waals surface area contributed by atoms with Crippen LogP contribution in [0.25, 0.3) is 0 Å². The first-order valence-corrected chi connectivity index (χ1v) is 9.00. The standard InChI is InChI=1S/C14H18BrNO4S/c1-9-12(15)6-3-7-13(9)21(19,20)16-8-4-5-11(10(16)2)14(17)18/h3,6-7,10-11H,4-5,8H2,1-2H3,(H,17,18)/t10-,11-/m1/s1. The molecule has 0 spiro atoms. The van der Waals surface area contributed by atoms with E-state index in [0.717, 1.165) is 4.47 Å². The average Bonchev–Trinajstić information content (AvgIpc) is 2.41. The van der Waals surface area contributed by atoms with Crippen LogP contribution in [0.3, 0.4) is 0 Å². The molecule has 1 saturated heterocycles. The summed E-state index contributed by atoms with van der Waals surface area (Å²) in [5.74, 6) is -1.59. The fourth-order valence-electron chi connectivity index (χ4n) is 2.77. The van der Waals surface area contributed by atoms with Crippen LogP contribution in [0.1, 0.15) is 25.3 Å². The van der Waals surface area contributed by atoms with Crippen LogP contribution < -0.4 is 0 Å². The minimum atomic E-state index is -3.69. The highest BCUT2D eigenvalue weighted by molar-refractivity contribution is 9.10. The molecule has 1 aliphatic rings. The summed E-state index contributed by atoms with van der Waals surface area (Å²) in [5, 5.41) is 9.23. The first kappa shape index (κ1) is 16.5. The number of aliphatic carboxylic acids is 1. The van der Waals surface area contributed by atoms with Gasteiger partial charge in [-0.3, -0.25) is 4.79 Å². The summed E-state index contributed by atoms with van der Waals surface area (Å²) in [5.41, 5.74) is 0.641. The molecule has 0 aliphatic carbocycles. The van der Waals surface area contributed by atoms with Gasteiger partial charge >= 0.3 is 5.97 Å². The molecule has 1 aromatic carbocycles. The molecule has 1 heterocycles. The topological polar surface area (TPSA) is 74.7 Å². The summed E-state index contributed by atoms with van der Waals surface area (Å²) in [4.78, 5) is 11.5. The van der Waals surface area contributed by atoms with Gasteiger partial charge in [-0.1, -0.05) is 22.0 Å². The normalized spacial score (nSPS) is 24.0. The second-order valence-electron chi connectivity index (χ2n) is 5.31. The molecule has 21 heavy (non-hydrogen) atoms. The SMILES string of the molecule is Cc1c(Br)cccc1S(=O)(=O)N1CCC[C@@H](C(=O)O)[C@H]1C. The highest BCUT2D eigenvalue weighted by atomic mass is 79.9. The Morgan fingerprint density at radius 3 is 2.71 bits per heavy atom. The highest BCUT2D eigenvalue weighted by Gasteiger charge is 2.40. The second-order valence-corrected chi connectivity index (χ2v) is 8.02. The Bertz CT molecular complexity index is 659. The summed E-state index contributed by atoms with van der Waals surface area (Å²) in [7, 11) is -3.69. The summed E-state index contributed by atoms with van der Waals surface area (Å²) in [6, 6.07) is 4.48. The molecule has 7 heteroatoms. The number of carboxylic acid groups (broad SMARTS) is 1. The molecule has 0 radical (unpaired) electrons. The molecule has 0 saturated carbocycles. The Balaban J connectivity index is 2.43. The lowest BCUT2D eigenvalue weighted by Gasteiger charge is -2.36. The van der Waals surface area contributed by atoms with Crippen molar-refractivity contribution in [3.63, 3.8) is 0 Å². The number of hydrogen-bond acceptors (Lipinski definition) is 3. The largest absolute Gasteiger partial charge is 0.481 e. The number of rotatable bonds is 3. The number of halogens is 1. The molecule has 5 nitrogen and oxygen atoms in total. The molecule has 0 aromatic heterocycles. The lowest BCUT2D eigenvalue weighted by atomic mass is 9.92. The van der Waals surface area contributed by atoms with Gasteiger partial charge in [0.15, 0.2) is 0 Å². The van der Waals surface area contributed by atoms with E-state index < -0.39 is 28.0 Å². The van der Waals surface area contributed by atoms with Gasteiger partial charge in [0.2, 0.25) is 10.0 Å². The molecule has 1 fully saturated rings. The van der Waals surface area contributed by atoms with Gasteiger partial charge < -0.3 is 5.11 Å². The smallest absolute Gasteiger partial charge is 0.308 e. The lowest BCUT2D eigenvalue weighted by molar-refractivity contribution is -0.144. The Labute approximate surface area is 133 Å². The van der Waals surface area contributed by atoms with Gasteiger partial charge in [-0.05, 0) is 44.4 Å². The Morgan fingerprint density at radius 1 is 1.43 bits per heavy atom. The molecule has 0 bridgehead atoms. The molecule has 1 aromatic rings. The minimum absolute atomic E-state index is 0.231. The van der Waals surface area contributed by atoms with Crippen LogP contribution in [0.4, 0.5) is 0 Å². The fraction of sp³-hybridized carbons (Fsp3) is 0.500. The molecule has 1 N–H and O–H groups in total. The van der Waals surface area contributed by atoms with Gasteiger partial charge in [0.1, 0.15) is 0 Å². The van der Waals surface area contributed by atoms with E-state index in [0.29, 0.717) is 24.9 Å². The first-order valence-electron chi connectivity index (χ1n) is 6.76. The van der Waals surface area contributed by atoms with Crippen LogP contribution in [0.5, 0.6) is 0 Å². The van der Waals surface area contributed by atoms with Crippen LogP contribution in [-0.2, 0) is 14.8 Å². The fourth-order valence-corrected chi connectivity index (χ4v) is 5.23. The number of piperidine rings is 1. The average molecular weight is 376 g/mol. The van der Waals surface area contributed by atoms with Crippen molar-refractivity contribution in [1.82, 2.24) is 4.31 Å². The van der Waals surface area contributed by atoms with E-state index in [-0.39, 0.29) is 4.90 Å². The van der Waals surface area contributed by atoms with Crippen molar-refractivity contribution >= 4 is 31.9 Å². The summed E-state index contributed by atoms with van der Waals surface area (Å²) >= 11 is 3.34. The second kappa shape index (κ2) is 6.06. The van der Waals surface area contributed by atoms with Gasteiger partial charge in [-0.25, -0.2) is 8.42 Å². The first-order chi connectivity index (χ1) is 9.76. The van der Waals surface area contributed by atoms with Gasteiger partial charge in [0, 0.05) is 17.1 Å². The van der Waals surface area contributed by atoms with E-state index in [2.05, 4.69) is 15.9 Å².